The van der Waals surface area contributed by atoms with Crippen molar-refractivity contribution in [2.24, 2.45) is 5.41 Å². The predicted octanol–water partition coefficient (Wildman–Crippen LogP) is 5.00. The minimum atomic E-state index is -0.793. The summed E-state index contributed by atoms with van der Waals surface area (Å²) in [5.41, 5.74) is 2.06. The number of benzene rings is 2. The summed E-state index contributed by atoms with van der Waals surface area (Å²) in [5, 5.41) is 10.1. The second-order valence-corrected chi connectivity index (χ2v) is 9.67. The normalized spacial score (nSPS) is 19.6. The molecule has 1 saturated heterocycles. The van der Waals surface area contributed by atoms with Gasteiger partial charge in [0.15, 0.2) is 0 Å². The average Bonchev–Trinajstić information content (AvgIpc) is 3.23. The number of amides is 1. The van der Waals surface area contributed by atoms with Crippen LogP contribution in [-0.2, 0) is 9.59 Å². The molecule has 0 bridgehead atoms. The van der Waals surface area contributed by atoms with Crippen molar-refractivity contribution in [3.8, 4) is 0 Å². The fourth-order valence-electron chi connectivity index (χ4n) is 5.42. The lowest BCUT2D eigenvalue weighted by Gasteiger charge is -2.41. The van der Waals surface area contributed by atoms with Gasteiger partial charge in [-0.05, 0) is 41.5 Å². The maximum Gasteiger partial charge on any atom is 0.303 e. The van der Waals surface area contributed by atoms with Crippen LogP contribution in [0.25, 0.3) is 0 Å². The maximum atomic E-state index is 13.1. The van der Waals surface area contributed by atoms with E-state index >= 15 is 0 Å². The minimum Gasteiger partial charge on any atom is -0.481 e. The molecule has 0 radical (unpaired) electrons. The van der Waals surface area contributed by atoms with Gasteiger partial charge in [-0.15, -0.1) is 0 Å². The first kappa shape index (κ1) is 22.8. The summed E-state index contributed by atoms with van der Waals surface area (Å²) in [6.07, 6.45) is 4.20. The SMILES string of the molecule is O=C(O)CC1(CC(=O)N2CCN(C(c3ccccc3)c3ccc(Cl)cc3)CC2)CCCC1. The second-order valence-electron chi connectivity index (χ2n) is 9.24. The van der Waals surface area contributed by atoms with Crippen LogP contribution in [0.1, 0.15) is 55.7 Å². The number of hydrogen-bond acceptors (Lipinski definition) is 3. The highest BCUT2D eigenvalue weighted by molar-refractivity contribution is 6.30. The summed E-state index contributed by atoms with van der Waals surface area (Å²) < 4.78 is 0. The van der Waals surface area contributed by atoms with E-state index in [0.717, 1.165) is 43.8 Å². The molecule has 1 unspecified atom stereocenters. The molecule has 32 heavy (non-hydrogen) atoms. The van der Waals surface area contributed by atoms with Gasteiger partial charge in [-0.1, -0.05) is 66.9 Å². The van der Waals surface area contributed by atoms with Crippen LogP contribution in [0.5, 0.6) is 0 Å². The largest absolute Gasteiger partial charge is 0.481 e. The Bertz CT molecular complexity index is 918. The number of aliphatic carboxylic acids is 1. The zero-order valence-corrected chi connectivity index (χ0v) is 19.1. The third kappa shape index (κ3) is 5.33. The number of carboxylic acid groups (broad SMARTS) is 1. The number of carbonyl (C=O) groups excluding carboxylic acids is 1. The molecule has 1 N–H and O–H groups in total. The van der Waals surface area contributed by atoms with E-state index in [1.54, 1.807) is 0 Å². The topological polar surface area (TPSA) is 60.9 Å². The monoisotopic (exact) mass is 454 g/mol. The van der Waals surface area contributed by atoms with Crippen LogP contribution >= 0.6 is 11.6 Å². The molecule has 5 nitrogen and oxygen atoms in total. The van der Waals surface area contributed by atoms with Crippen LogP contribution in [0.2, 0.25) is 5.02 Å². The summed E-state index contributed by atoms with van der Waals surface area (Å²) in [4.78, 5) is 28.8. The molecule has 2 aromatic rings. The maximum absolute atomic E-state index is 13.1. The van der Waals surface area contributed by atoms with Crippen molar-refractivity contribution < 1.29 is 14.7 Å². The molecular formula is C26H31ClN2O3. The standard InChI is InChI=1S/C26H31ClN2O3/c27-22-10-8-21(9-11-22)25(20-6-2-1-3-7-20)29-16-14-28(15-17-29)23(30)18-26(19-24(31)32)12-4-5-13-26/h1-3,6-11,25H,4-5,12-19H2,(H,31,32). The molecule has 1 amide bonds. The van der Waals surface area contributed by atoms with Crippen LogP contribution in [0.15, 0.2) is 54.6 Å². The molecule has 1 aliphatic carbocycles. The van der Waals surface area contributed by atoms with Crippen LogP contribution in [0.4, 0.5) is 0 Å². The fourth-order valence-corrected chi connectivity index (χ4v) is 5.54. The average molecular weight is 455 g/mol. The van der Waals surface area contributed by atoms with E-state index in [9.17, 15) is 14.7 Å². The molecule has 170 valence electrons. The van der Waals surface area contributed by atoms with E-state index < -0.39 is 5.97 Å². The lowest BCUT2D eigenvalue weighted by molar-refractivity contribution is -0.142. The van der Waals surface area contributed by atoms with Gasteiger partial charge in [0, 0.05) is 37.6 Å². The number of piperazine rings is 1. The highest BCUT2D eigenvalue weighted by atomic mass is 35.5. The summed E-state index contributed by atoms with van der Waals surface area (Å²) in [6, 6.07) is 18.5. The van der Waals surface area contributed by atoms with Crippen molar-refractivity contribution in [1.29, 1.82) is 0 Å². The third-order valence-corrected chi connectivity index (χ3v) is 7.30. The number of hydrogen-bond donors (Lipinski definition) is 1. The molecule has 0 spiro atoms. The fraction of sp³-hybridized carbons (Fsp3) is 0.462. The summed E-state index contributed by atoms with van der Waals surface area (Å²) in [5.74, 6) is -0.686. The third-order valence-electron chi connectivity index (χ3n) is 7.05. The van der Waals surface area contributed by atoms with Crippen molar-refractivity contribution in [2.45, 2.75) is 44.6 Å². The van der Waals surface area contributed by atoms with Gasteiger partial charge >= 0.3 is 5.97 Å². The van der Waals surface area contributed by atoms with Crippen molar-refractivity contribution in [1.82, 2.24) is 9.80 Å². The van der Waals surface area contributed by atoms with E-state index in [-0.39, 0.29) is 23.8 Å². The molecule has 0 aromatic heterocycles. The lowest BCUT2D eigenvalue weighted by atomic mass is 9.79. The Kier molecular flexibility index (Phi) is 7.17. The molecular weight excluding hydrogens is 424 g/mol. The Hall–Kier alpha value is -2.37. The van der Waals surface area contributed by atoms with Crippen molar-refractivity contribution in [2.75, 3.05) is 26.2 Å². The van der Waals surface area contributed by atoms with Crippen LogP contribution < -0.4 is 0 Å². The highest BCUT2D eigenvalue weighted by Crippen LogP contribution is 2.44. The Morgan fingerprint density at radius 1 is 0.875 bits per heavy atom. The quantitative estimate of drug-likeness (QED) is 0.639. The molecule has 1 heterocycles. The number of carbonyl (C=O) groups is 2. The van der Waals surface area contributed by atoms with E-state index in [1.807, 2.05) is 23.1 Å². The number of carboxylic acids is 1. The first-order valence-electron chi connectivity index (χ1n) is 11.5. The first-order chi connectivity index (χ1) is 15.5. The Labute approximate surface area is 195 Å². The molecule has 4 rings (SSSR count). The summed E-state index contributed by atoms with van der Waals surface area (Å²) in [7, 11) is 0. The summed E-state index contributed by atoms with van der Waals surface area (Å²) in [6.45, 7) is 2.89. The zero-order valence-electron chi connectivity index (χ0n) is 18.4. The van der Waals surface area contributed by atoms with E-state index in [1.165, 1.54) is 11.1 Å². The lowest BCUT2D eigenvalue weighted by Crippen LogP contribution is -2.50. The van der Waals surface area contributed by atoms with Gasteiger partial charge in [-0.3, -0.25) is 14.5 Å². The van der Waals surface area contributed by atoms with Crippen LogP contribution in [0, 0.1) is 5.41 Å². The zero-order chi connectivity index (χ0) is 22.6. The van der Waals surface area contributed by atoms with Crippen LogP contribution in [-0.4, -0.2) is 53.0 Å². The number of nitrogens with zero attached hydrogens (tertiary/aromatic N) is 2. The number of halogens is 1. The highest BCUT2D eigenvalue weighted by Gasteiger charge is 2.39. The van der Waals surface area contributed by atoms with E-state index in [2.05, 4.69) is 41.3 Å². The molecule has 1 atom stereocenters. The van der Waals surface area contributed by atoms with E-state index in [4.69, 9.17) is 11.6 Å². The molecule has 1 aliphatic heterocycles. The van der Waals surface area contributed by atoms with Gasteiger partial charge < -0.3 is 10.0 Å². The van der Waals surface area contributed by atoms with Crippen molar-refractivity contribution in [3.63, 3.8) is 0 Å². The molecule has 2 aromatic carbocycles. The van der Waals surface area contributed by atoms with Crippen LogP contribution in [0.3, 0.4) is 0 Å². The molecule has 6 heteroatoms. The smallest absolute Gasteiger partial charge is 0.303 e. The van der Waals surface area contributed by atoms with Crippen molar-refractivity contribution >= 4 is 23.5 Å². The second kappa shape index (κ2) is 10.1. The minimum absolute atomic E-state index is 0.103. The first-order valence-corrected chi connectivity index (χ1v) is 11.9. The van der Waals surface area contributed by atoms with Gasteiger partial charge in [0.25, 0.3) is 0 Å². The Balaban J connectivity index is 1.44. The van der Waals surface area contributed by atoms with Gasteiger partial charge in [0.1, 0.15) is 0 Å². The predicted molar refractivity (Wildman–Crippen MR) is 126 cm³/mol. The van der Waals surface area contributed by atoms with Gasteiger partial charge in [0.05, 0.1) is 12.5 Å². The van der Waals surface area contributed by atoms with Gasteiger partial charge in [0.2, 0.25) is 5.91 Å². The van der Waals surface area contributed by atoms with Crippen molar-refractivity contribution in [3.05, 3.63) is 70.7 Å². The number of rotatable bonds is 7. The van der Waals surface area contributed by atoms with E-state index in [0.29, 0.717) is 19.5 Å². The molecule has 2 fully saturated rings. The van der Waals surface area contributed by atoms with Gasteiger partial charge in [-0.2, -0.15) is 0 Å². The Morgan fingerprint density at radius 3 is 2.06 bits per heavy atom. The molecule has 2 aliphatic rings. The molecule has 1 saturated carbocycles. The van der Waals surface area contributed by atoms with Gasteiger partial charge in [-0.25, -0.2) is 0 Å². The summed E-state index contributed by atoms with van der Waals surface area (Å²) >= 11 is 6.12. The Morgan fingerprint density at radius 2 is 1.47 bits per heavy atom.